The fourth-order valence-corrected chi connectivity index (χ4v) is 1.27. The van der Waals surface area contributed by atoms with E-state index in [2.05, 4.69) is 17.6 Å². The Bertz CT molecular complexity index is 351. The van der Waals surface area contributed by atoms with Crippen LogP contribution in [-0.4, -0.2) is 25.7 Å². The predicted octanol–water partition coefficient (Wildman–Crippen LogP) is 2.20. The molecule has 86 valence electrons. The summed E-state index contributed by atoms with van der Waals surface area (Å²) in [5.74, 6) is 0.372. The number of nitrogens with zero attached hydrogens (tertiary/aromatic N) is 2. The summed E-state index contributed by atoms with van der Waals surface area (Å²) in [4.78, 5) is 4.21. The van der Waals surface area contributed by atoms with E-state index < -0.39 is 0 Å². The van der Waals surface area contributed by atoms with Gasteiger partial charge in [0, 0.05) is 12.1 Å². The van der Waals surface area contributed by atoms with E-state index in [1.165, 1.54) is 0 Å². The summed E-state index contributed by atoms with van der Waals surface area (Å²) >= 11 is 0. The van der Waals surface area contributed by atoms with Crippen molar-refractivity contribution in [2.45, 2.75) is 19.8 Å². The van der Waals surface area contributed by atoms with Crippen LogP contribution in [0.1, 0.15) is 19.8 Å². The molecule has 0 spiro atoms. The molecule has 0 saturated heterocycles. The average Bonchev–Trinajstić information content (AvgIpc) is 2.28. The van der Waals surface area contributed by atoms with Crippen molar-refractivity contribution in [2.24, 2.45) is 4.99 Å². The third-order valence-electron chi connectivity index (χ3n) is 2.04. The Hall–Kier alpha value is -1.60. The largest absolute Gasteiger partial charge is 0.477 e. The summed E-state index contributed by atoms with van der Waals surface area (Å²) in [7, 11) is 0. The van der Waals surface area contributed by atoms with Crippen molar-refractivity contribution >= 4 is 5.90 Å². The molecule has 0 aromatic heterocycles. The molecule has 0 amide bonds. The fourth-order valence-electron chi connectivity index (χ4n) is 1.27. The van der Waals surface area contributed by atoms with Gasteiger partial charge in [-0.1, -0.05) is 12.7 Å². The van der Waals surface area contributed by atoms with E-state index in [9.17, 15) is 0 Å². The van der Waals surface area contributed by atoms with Crippen molar-refractivity contribution < 1.29 is 9.47 Å². The van der Waals surface area contributed by atoms with E-state index in [0.717, 1.165) is 0 Å². The van der Waals surface area contributed by atoms with E-state index in [1.54, 1.807) is 6.08 Å². The monoisotopic (exact) mass is 220 g/mol. The standard InChI is InChI=1S/C12H16N2O2/c1-3-16-12-11(9-13)5-4-7-15-8-6-10(2)14-12/h5H,2-4,6-8H2,1H3/b11-5-,14-12+. The lowest BCUT2D eigenvalue weighted by Gasteiger charge is -2.10. The molecule has 4 heteroatoms. The summed E-state index contributed by atoms with van der Waals surface area (Å²) in [6.07, 6.45) is 3.14. The molecule has 0 radical (unpaired) electrons. The maximum absolute atomic E-state index is 9.00. The molecule has 0 N–H and O–H groups in total. The first-order chi connectivity index (χ1) is 7.77. The van der Waals surface area contributed by atoms with Gasteiger partial charge in [-0.25, -0.2) is 4.99 Å². The minimum absolute atomic E-state index is 0.372. The molecule has 0 unspecified atom stereocenters. The number of aliphatic imine (C=N–C) groups is 1. The summed E-state index contributed by atoms with van der Waals surface area (Å²) < 4.78 is 10.7. The van der Waals surface area contributed by atoms with Crippen molar-refractivity contribution in [3.05, 3.63) is 23.9 Å². The van der Waals surface area contributed by atoms with Gasteiger partial charge in [-0.05, 0) is 13.3 Å². The zero-order chi connectivity index (χ0) is 11.8. The van der Waals surface area contributed by atoms with Gasteiger partial charge in [-0.15, -0.1) is 0 Å². The molecule has 1 aliphatic heterocycles. The Morgan fingerprint density at radius 2 is 2.44 bits per heavy atom. The predicted molar refractivity (Wildman–Crippen MR) is 62.0 cm³/mol. The highest BCUT2D eigenvalue weighted by Crippen LogP contribution is 2.10. The highest BCUT2D eigenvalue weighted by Gasteiger charge is 2.09. The van der Waals surface area contributed by atoms with Gasteiger partial charge >= 0.3 is 0 Å². The van der Waals surface area contributed by atoms with Gasteiger partial charge in [-0.2, -0.15) is 5.26 Å². The quantitative estimate of drug-likeness (QED) is 0.680. The second-order valence-corrected chi connectivity index (χ2v) is 3.30. The minimum Gasteiger partial charge on any atom is -0.477 e. The van der Waals surface area contributed by atoms with Gasteiger partial charge < -0.3 is 9.47 Å². The first-order valence-corrected chi connectivity index (χ1v) is 5.35. The molecule has 16 heavy (non-hydrogen) atoms. The normalized spacial score (nSPS) is 24.6. The first-order valence-electron chi connectivity index (χ1n) is 5.35. The average molecular weight is 220 g/mol. The third kappa shape index (κ3) is 3.87. The Labute approximate surface area is 95.9 Å². The van der Waals surface area contributed by atoms with Crippen LogP contribution in [0, 0.1) is 11.3 Å². The third-order valence-corrected chi connectivity index (χ3v) is 2.04. The maximum atomic E-state index is 9.00. The number of nitriles is 1. The molecule has 4 nitrogen and oxygen atoms in total. The lowest BCUT2D eigenvalue weighted by molar-refractivity contribution is 0.141. The van der Waals surface area contributed by atoms with E-state index in [1.807, 2.05) is 6.92 Å². The summed E-state index contributed by atoms with van der Waals surface area (Å²) in [5, 5.41) is 9.00. The van der Waals surface area contributed by atoms with Gasteiger partial charge in [0.05, 0.1) is 19.8 Å². The smallest absolute Gasteiger partial charge is 0.231 e. The van der Waals surface area contributed by atoms with E-state index in [4.69, 9.17) is 14.7 Å². The first kappa shape index (κ1) is 12.5. The Morgan fingerprint density at radius 3 is 3.12 bits per heavy atom. The lowest BCUT2D eigenvalue weighted by Crippen LogP contribution is -2.10. The van der Waals surface area contributed by atoms with Gasteiger partial charge in [0.2, 0.25) is 5.90 Å². The highest BCUT2D eigenvalue weighted by molar-refractivity contribution is 5.97. The molecule has 1 heterocycles. The summed E-state index contributed by atoms with van der Waals surface area (Å²) in [6, 6.07) is 2.08. The van der Waals surface area contributed by atoms with E-state index in [-0.39, 0.29) is 0 Å². The van der Waals surface area contributed by atoms with Crippen LogP contribution in [0.4, 0.5) is 0 Å². The summed E-state index contributed by atoms with van der Waals surface area (Å²) in [5.41, 5.74) is 1.13. The van der Waals surface area contributed by atoms with Gasteiger partial charge in [0.15, 0.2) is 0 Å². The van der Waals surface area contributed by atoms with Crippen LogP contribution in [0.3, 0.4) is 0 Å². The van der Waals surface area contributed by atoms with Crippen molar-refractivity contribution in [2.75, 3.05) is 19.8 Å². The van der Waals surface area contributed by atoms with Crippen molar-refractivity contribution in [3.63, 3.8) is 0 Å². The molecule has 1 aliphatic rings. The molecule has 0 bridgehead atoms. The molecule has 0 aliphatic carbocycles. The van der Waals surface area contributed by atoms with Crippen LogP contribution in [-0.2, 0) is 9.47 Å². The second kappa shape index (κ2) is 6.81. The van der Waals surface area contributed by atoms with Gasteiger partial charge in [0.1, 0.15) is 11.6 Å². The highest BCUT2D eigenvalue weighted by atomic mass is 16.5. The van der Waals surface area contributed by atoms with Crippen molar-refractivity contribution in [1.29, 1.82) is 5.26 Å². The zero-order valence-electron chi connectivity index (χ0n) is 9.53. The minimum atomic E-state index is 0.372. The van der Waals surface area contributed by atoms with Gasteiger partial charge in [-0.3, -0.25) is 0 Å². The molecule has 0 saturated carbocycles. The Morgan fingerprint density at radius 1 is 1.62 bits per heavy atom. The topological polar surface area (TPSA) is 54.6 Å². The van der Waals surface area contributed by atoms with E-state index >= 15 is 0 Å². The van der Waals surface area contributed by atoms with Crippen LogP contribution in [0.5, 0.6) is 0 Å². The SMILES string of the molecule is C=C1CCOCC/C=C(C#N)\C(OCC)=N/1. The van der Waals surface area contributed by atoms with Crippen LogP contribution in [0.2, 0.25) is 0 Å². The molecular formula is C12H16N2O2. The molecule has 0 fully saturated rings. The molecular weight excluding hydrogens is 204 g/mol. The van der Waals surface area contributed by atoms with Crippen molar-refractivity contribution in [1.82, 2.24) is 0 Å². The molecule has 0 atom stereocenters. The number of ether oxygens (including phenoxy) is 2. The number of hydrogen-bond donors (Lipinski definition) is 0. The van der Waals surface area contributed by atoms with Crippen LogP contribution in [0.25, 0.3) is 0 Å². The van der Waals surface area contributed by atoms with Crippen LogP contribution < -0.4 is 0 Å². The summed E-state index contributed by atoms with van der Waals surface area (Å²) in [6.45, 7) is 7.37. The molecule has 1 rings (SSSR count). The van der Waals surface area contributed by atoms with Crippen molar-refractivity contribution in [3.8, 4) is 6.07 Å². The van der Waals surface area contributed by atoms with Crippen LogP contribution in [0.15, 0.2) is 28.9 Å². The van der Waals surface area contributed by atoms with Crippen LogP contribution >= 0.6 is 0 Å². The maximum Gasteiger partial charge on any atom is 0.231 e. The van der Waals surface area contributed by atoms with E-state index in [0.29, 0.717) is 49.8 Å². The Balaban J connectivity index is 2.93. The molecule has 0 aromatic carbocycles. The Kier molecular flexibility index (Phi) is 5.30. The number of rotatable bonds is 1. The molecule has 0 aromatic rings. The fraction of sp³-hybridized carbons (Fsp3) is 0.500. The second-order valence-electron chi connectivity index (χ2n) is 3.30. The number of hydrogen-bond acceptors (Lipinski definition) is 4. The van der Waals surface area contributed by atoms with Gasteiger partial charge in [0.25, 0.3) is 0 Å². The zero-order valence-corrected chi connectivity index (χ0v) is 9.53. The lowest BCUT2D eigenvalue weighted by atomic mass is 10.2.